The van der Waals surface area contributed by atoms with Gasteiger partial charge in [-0.2, -0.15) is 0 Å². The molecule has 0 fully saturated rings. The lowest BCUT2D eigenvalue weighted by Gasteiger charge is -2.28. The van der Waals surface area contributed by atoms with Crippen LogP contribution in [0, 0.1) is 5.92 Å². The maximum Gasteiger partial charge on any atom is 0.251 e. The number of benzene rings is 1. The molecule has 1 aromatic carbocycles. The van der Waals surface area contributed by atoms with Crippen LogP contribution < -0.4 is 5.32 Å². The van der Waals surface area contributed by atoms with Crippen LogP contribution in [-0.4, -0.2) is 17.5 Å². The molecule has 0 saturated carbocycles. The van der Waals surface area contributed by atoms with Gasteiger partial charge in [-0.15, -0.1) is 0 Å². The number of carbonyl (C=O) groups excluding carboxylic acids is 2. The van der Waals surface area contributed by atoms with Gasteiger partial charge in [0.25, 0.3) is 11.8 Å². The van der Waals surface area contributed by atoms with Gasteiger partial charge >= 0.3 is 0 Å². The lowest BCUT2D eigenvalue weighted by Crippen LogP contribution is -2.35. The Labute approximate surface area is 145 Å². The Hall–Kier alpha value is -2.46. The third-order valence-electron chi connectivity index (χ3n) is 4.28. The number of hydrogen-bond acceptors (Lipinski definition) is 2. The molecule has 3 rings (SSSR count). The van der Waals surface area contributed by atoms with Gasteiger partial charge in [-0.3, -0.25) is 9.59 Å². The van der Waals surface area contributed by atoms with Gasteiger partial charge < -0.3 is 5.32 Å². The molecule has 2 amide bonds. The van der Waals surface area contributed by atoms with E-state index in [0.717, 1.165) is 22.4 Å². The van der Waals surface area contributed by atoms with Gasteiger partial charge in [0.2, 0.25) is 0 Å². The number of halogens is 1. The quantitative estimate of drug-likeness (QED) is 0.897. The molecule has 0 radical (unpaired) electrons. The highest BCUT2D eigenvalue weighted by atomic mass is 35.5. The predicted octanol–water partition coefficient (Wildman–Crippen LogP) is 3.39. The molecule has 1 aromatic rings. The highest BCUT2D eigenvalue weighted by Gasteiger charge is 2.27. The van der Waals surface area contributed by atoms with E-state index in [2.05, 4.69) is 10.3 Å². The SMILES string of the molecule is CC1=C(C)C2C=CC(=NC(=O)Cc3ccc(Cl)cc3)C=C2NC1=O. The summed E-state index contributed by atoms with van der Waals surface area (Å²) in [5.74, 6) is -0.289. The van der Waals surface area contributed by atoms with Gasteiger partial charge in [0.05, 0.1) is 12.1 Å². The molecule has 1 aliphatic carbocycles. The van der Waals surface area contributed by atoms with Gasteiger partial charge in [0.1, 0.15) is 0 Å². The van der Waals surface area contributed by atoms with Crippen LogP contribution in [0.3, 0.4) is 0 Å². The van der Waals surface area contributed by atoms with Crippen LogP contribution in [0.4, 0.5) is 0 Å². The topological polar surface area (TPSA) is 58.5 Å². The van der Waals surface area contributed by atoms with E-state index in [0.29, 0.717) is 10.7 Å². The van der Waals surface area contributed by atoms with E-state index in [1.807, 2.05) is 38.1 Å². The van der Waals surface area contributed by atoms with Gasteiger partial charge in [0, 0.05) is 22.2 Å². The molecule has 1 aliphatic heterocycles. The average molecular weight is 341 g/mol. The summed E-state index contributed by atoms with van der Waals surface area (Å²) in [6.45, 7) is 3.76. The van der Waals surface area contributed by atoms with Crippen molar-refractivity contribution in [1.82, 2.24) is 5.32 Å². The fourth-order valence-corrected chi connectivity index (χ4v) is 2.88. The zero-order valence-electron chi connectivity index (χ0n) is 13.5. The lowest BCUT2D eigenvalue weighted by molar-refractivity contribution is -0.118. The number of hydrogen-bond donors (Lipinski definition) is 1. The van der Waals surface area contributed by atoms with E-state index in [9.17, 15) is 9.59 Å². The van der Waals surface area contributed by atoms with Crippen molar-refractivity contribution in [3.05, 3.63) is 69.9 Å². The van der Waals surface area contributed by atoms with Crippen LogP contribution in [0.25, 0.3) is 0 Å². The molecular weight excluding hydrogens is 324 g/mol. The van der Waals surface area contributed by atoms with E-state index in [-0.39, 0.29) is 24.2 Å². The number of rotatable bonds is 2. The maximum absolute atomic E-state index is 12.1. The summed E-state index contributed by atoms with van der Waals surface area (Å²) < 4.78 is 0. The average Bonchev–Trinajstić information content (AvgIpc) is 2.55. The number of nitrogens with zero attached hydrogens (tertiary/aromatic N) is 1. The van der Waals surface area contributed by atoms with Crippen molar-refractivity contribution < 1.29 is 9.59 Å². The molecule has 1 N–H and O–H groups in total. The fraction of sp³-hybridized carbons (Fsp3) is 0.211. The molecule has 24 heavy (non-hydrogen) atoms. The normalized spacial score (nSPS) is 21.5. The van der Waals surface area contributed by atoms with Crippen LogP contribution in [0.5, 0.6) is 0 Å². The lowest BCUT2D eigenvalue weighted by atomic mass is 9.85. The van der Waals surface area contributed by atoms with E-state index < -0.39 is 0 Å². The second-order valence-corrected chi connectivity index (χ2v) is 6.37. The summed E-state index contributed by atoms with van der Waals surface area (Å²) in [7, 11) is 0. The van der Waals surface area contributed by atoms with Crippen LogP contribution >= 0.6 is 11.6 Å². The first-order valence-electron chi connectivity index (χ1n) is 7.68. The third-order valence-corrected chi connectivity index (χ3v) is 4.53. The monoisotopic (exact) mass is 340 g/mol. The number of fused-ring (bicyclic) bond motifs is 1. The number of carbonyl (C=O) groups is 2. The first kappa shape index (κ1) is 16.4. The Bertz CT molecular complexity index is 829. The largest absolute Gasteiger partial charge is 0.325 e. The molecule has 0 bridgehead atoms. The number of amides is 2. The van der Waals surface area contributed by atoms with Gasteiger partial charge in [0.15, 0.2) is 0 Å². The molecule has 5 heteroatoms. The predicted molar refractivity (Wildman–Crippen MR) is 94.8 cm³/mol. The third kappa shape index (κ3) is 3.39. The molecule has 1 atom stereocenters. The van der Waals surface area contributed by atoms with E-state index >= 15 is 0 Å². The van der Waals surface area contributed by atoms with Crippen molar-refractivity contribution >= 4 is 29.1 Å². The van der Waals surface area contributed by atoms with Gasteiger partial charge in [-0.25, -0.2) is 4.99 Å². The van der Waals surface area contributed by atoms with Crippen LogP contribution in [-0.2, 0) is 16.0 Å². The van der Waals surface area contributed by atoms with Crippen LogP contribution in [0.1, 0.15) is 19.4 Å². The highest BCUT2D eigenvalue weighted by Crippen LogP contribution is 2.29. The van der Waals surface area contributed by atoms with Crippen molar-refractivity contribution in [3.8, 4) is 0 Å². The molecule has 0 spiro atoms. The van der Waals surface area contributed by atoms with Crippen molar-refractivity contribution in [2.75, 3.05) is 0 Å². The van der Waals surface area contributed by atoms with Crippen molar-refractivity contribution in [3.63, 3.8) is 0 Å². The Morgan fingerprint density at radius 2 is 1.96 bits per heavy atom. The van der Waals surface area contributed by atoms with E-state index in [1.165, 1.54) is 0 Å². The molecule has 0 aromatic heterocycles. The standard InChI is InChI=1S/C19H17ClN2O2/c1-11-12(2)19(24)22-17-10-15(7-8-16(11)17)21-18(23)9-13-3-5-14(20)6-4-13/h3-8,10,16H,9H2,1-2H3,(H,22,24). The molecular formula is C19H17ClN2O2. The van der Waals surface area contributed by atoms with Crippen molar-refractivity contribution in [2.45, 2.75) is 20.3 Å². The van der Waals surface area contributed by atoms with Crippen LogP contribution in [0.15, 0.2) is 64.3 Å². The van der Waals surface area contributed by atoms with E-state index in [4.69, 9.17) is 11.6 Å². The summed E-state index contributed by atoms with van der Waals surface area (Å²) in [4.78, 5) is 28.2. The van der Waals surface area contributed by atoms with Gasteiger partial charge in [-0.05, 0) is 43.7 Å². The summed E-state index contributed by atoms with van der Waals surface area (Å²) in [5, 5.41) is 3.50. The molecule has 1 heterocycles. The second kappa shape index (κ2) is 6.57. The Balaban J connectivity index is 1.77. The Morgan fingerprint density at radius 3 is 2.67 bits per heavy atom. The van der Waals surface area contributed by atoms with E-state index in [1.54, 1.807) is 18.2 Å². The van der Waals surface area contributed by atoms with Crippen LogP contribution in [0.2, 0.25) is 5.02 Å². The summed E-state index contributed by atoms with van der Waals surface area (Å²) in [6, 6.07) is 7.12. The first-order valence-corrected chi connectivity index (χ1v) is 8.06. The summed E-state index contributed by atoms with van der Waals surface area (Å²) in [6.07, 6.45) is 5.76. The Kier molecular flexibility index (Phi) is 4.49. The van der Waals surface area contributed by atoms with Crippen molar-refractivity contribution in [2.24, 2.45) is 10.9 Å². The molecule has 1 unspecified atom stereocenters. The first-order chi connectivity index (χ1) is 11.4. The van der Waals surface area contributed by atoms with Crippen molar-refractivity contribution in [1.29, 1.82) is 0 Å². The van der Waals surface area contributed by atoms with Gasteiger partial charge in [-0.1, -0.05) is 35.4 Å². The second-order valence-electron chi connectivity index (χ2n) is 5.93. The molecule has 122 valence electrons. The molecule has 4 nitrogen and oxygen atoms in total. The number of allylic oxidation sites excluding steroid dienone is 3. The number of aliphatic imine (C=N–C) groups is 1. The minimum Gasteiger partial charge on any atom is -0.325 e. The smallest absolute Gasteiger partial charge is 0.251 e. The minimum atomic E-state index is -0.238. The zero-order valence-corrected chi connectivity index (χ0v) is 14.2. The Morgan fingerprint density at radius 1 is 1.25 bits per heavy atom. The number of nitrogens with one attached hydrogen (secondary N) is 1. The highest BCUT2D eigenvalue weighted by molar-refractivity contribution is 6.30. The summed E-state index contributed by atoms with van der Waals surface area (Å²) >= 11 is 5.84. The summed E-state index contributed by atoms with van der Waals surface area (Å²) in [5.41, 5.74) is 3.93. The minimum absolute atomic E-state index is 0.0491. The molecule has 2 aliphatic rings. The maximum atomic E-state index is 12.1. The molecule has 0 saturated heterocycles. The fourth-order valence-electron chi connectivity index (χ4n) is 2.75. The zero-order chi connectivity index (χ0) is 17.3.